The molecule has 1 aliphatic rings. The van der Waals surface area contributed by atoms with Gasteiger partial charge in [0.1, 0.15) is 36.6 Å². The van der Waals surface area contributed by atoms with Gasteiger partial charge in [-0.1, -0.05) is 97.1 Å². The minimum Gasteiger partial charge on any atom is -0.387 e. The fraction of sp³-hybridized carbons (Fsp3) is 0.333. The van der Waals surface area contributed by atoms with E-state index in [2.05, 4.69) is 6.58 Å². The molecule has 1 fully saturated rings. The topological polar surface area (TPSA) is 77.4 Å². The van der Waals surface area contributed by atoms with Gasteiger partial charge in [0.15, 0.2) is 0 Å². The second-order valence-corrected chi connectivity index (χ2v) is 8.85. The zero-order valence-corrected chi connectivity index (χ0v) is 20.3. The molecule has 6 atom stereocenters. The molecular formula is C30H34O6. The fourth-order valence-corrected chi connectivity index (χ4v) is 4.40. The molecule has 3 aromatic rings. The Hall–Kier alpha value is -2.84. The van der Waals surface area contributed by atoms with Crippen LogP contribution in [0.15, 0.2) is 104 Å². The Morgan fingerprint density at radius 2 is 0.861 bits per heavy atom. The van der Waals surface area contributed by atoms with Gasteiger partial charge in [0.25, 0.3) is 0 Å². The predicted molar refractivity (Wildman–Crippen MR) is 137 cm³/mol. The average molecular weight is 491 g/mol. The highest BCUT2D eigenvalue weighted by Crippen LogP contribution is 2.32. The van der Waals surface area contributed by atoms with Crippen molar-refractivity contribution in [2.24, 2.45) is 0 Å². The van der Waals surface area contributed by atoms with Crippen LogP contribution < -0.4 is 0 Å². The monoisotopic (exact) mass is 490 g/mol. The zero-order chi connectivity index (χ0) is 25.2. The second kappa shape index (κ2) is 13.5. The maximum Gasteiger partial charge on any atom is 0.116 e. The number of hydrogen-bond acceptors (Lipinski definition) is 6. The molecule has 0 amide bonds. The van der Waals surface area contributed by atoms with Gasteiger partial charge in [-0.05, 0) is 16.7 Å². The molecule has 0 spiro atoms. The van der Waals surface area contributed by atoms with Crippen molar-refractivity contribution in [1.29, 1.82) is 0 Å². The standard InChI is InChI=1S/C30H34O6/c1-2-18-33-27-25(31)26(32)28(34-19-22-12-6-3-7-13-22)30(36-21-24-16-10-5-11-17-24)29(27)35-20-23-14-8-4-9-15-23/h2-17,25-32H,1,18-21H2/t25-,26+,27-,28-,29+,30+/m0/s1. The third-order valence-corrected chi connectivity index (χ3v) is 6.26. The number of hydrogen-bond donors (Lipinski definition) is 2. The molecule has 36 heavy (non-hydrogen) atoms. The Kier molecular flexibility index (Phi) is 9.81. The normalized spacial score (nSPS) is 25.9. The SMILES string of the molecule is C=CCO[C@H]1[C@@H](O)[C@@H](O)[C@H](OCc2ccccc2)[C@@H](OCc2ccccc2)[C@@H]1OCc1ccccc1. The van der Waals surface area contributed by atoms with Gasteiger partial charge < -0.3 is 29.2 Å². The third-order valence-electron chi connectivity index (χ3n) is 6.26. The Labute approximate surface area is 212 Å². The van der Waals surface area contributed by atoms with Gasteiger partial charge in [-0.25, -0.2) is 0 Å². The highest BCUT2D eigenvalue weighted by Gasteiger charge is 2.52. The highest BCUT2D eigenvalue weighted by molar-refractivity contribution is 5.16. The first-order chi connectivity index (χ1) is 17.7. The van der Waals surface area contributed by atoms with E-state index in [1.807, 2.05) is 91.0 Å². The van der Waals surface area contributed by atoms with Crippen LogP contribution in [0.1, 0.15) is 16.7 Å². The maximum absolute atomic E-state index is 11.1. The van der Waals surface area contributed by atoms with Crippen LogP contribution in [0, 0.1) is 0 Å². The number of ether oxygens (including phenoxy) is 4. The molecule has 0 heterocycles. The van der Waals surface area contributed by atoms with E-state index in [9.17, 15) is 10.2 Å². The molecule has 0 aliphatic heterocycles. The van der Waals surface area contributed by atoms with Crippen LogP contribution in [0.25, 0.3) is 0 Å². The van der Waals surface area contributed by atoms with Crippen LogP contribution in [-0.4, -0.2) is 53.4 Å². The average Bonchev–Trinajstić information content (AvgIpc) is 2.93. The van der Waals surface area contributed by atoms with Gasteiger partial charge in [-0.2, -0.15) is 0 Å². The van der Waals surface area contributed by atoms with E-state index in [-0.39, 0.29) is 13.2 Å². The first kappa shape index (κ1) is 26.2. The van der Waals surface area contributed by atoms with Crippen LogP contribution in [0.5, 0.6) is 0 Å². The Bertz CT molecular complexity index is 1030. The van der Waals surface area contributed by atoms with Crippen molar-refractivity contribution >= 4 is 0 Å². The van der Waals surface area contributed by atoms with Crippen molar-refractivity contribution in [2.45, 2.75) is 56.4 Å². The summed E-state index contributed by atoms with van der Waals surface area (Å²) in [6.45, 7) is 4.75. The quantitative estimate of drug-likeness (QED) is 0.373. The molecule has 2 N–H and O–H groups in total. The van der Waals surface area contributed by atoms with Crippen molar-refractivity contribution in [3.63, 3.8) is 0 Å². The van der Waals surface area contributed by atoms with Crippen LogP contribution in [0.3, 0.4) is 0 Å². The van der Waals surface area contributed by atoms with Crippen molar-refractivity contribution in [3.8, 4) is 0 Å². The molecule has 0 aromatic heterocycles. The molecule has 0 unspecified atom stereocenters. The lowest BCUT2D eigenvalue weighted by atomic mass is 9.84. The molecule has 4 rings (SSSR count). The lowest BCUT2D eigenvalue weighted by Gasteiger charge is -2.47. The number of aliphatic hydroxyl groups excluding tert-OH is 2. The minimum atomic E-state index is -1.24. The smallest absolute Gasteiger partial charge is 0.116 e. The molecule has 1 saturated carbocycles. The zero-order valence-electron chi connectivity index (χ0n) is 20.3. The molecule has 0 radical (unpaired) electrons. The summed E-state index contributed by atoms with van der Waals surface area (Å²) in [4.78, 5) is 0. The molecular weight excluding hydrogens is 456 g/mol. The summed E-state index contributed by atoms with van der Waals surface area (Å²) in [5.41, 5.74) is 2.90. The molecule has 0 saturated heterocycles. The first-order valence-electron chi connectivity index (χ1n) is 12.2. The fourth-order valence-electron chi connectivity index (χ4n) is 4.40. The van der Waals surface area contributed by atoms with Crippen molar-refractivity contribution in [2.75, 3.05) is 6.61 Å². The molecule has 6 heteroatoms. The summed E-state index contributed by atoms with van der Waals surface area (Å²) in [6, 6.07) is 29.2. The van der Waals surface area contributed by atoms with E-state index in [0.717, 1.165) is 16.7 Å². The predicted octanol–water partition coefficient (Wildman–Crippen LogP) is 4.05. The van der Waals surface area contributed by atoms with Gasteiger partial charge >= 0.3 is 0 Å². The van der Waals surface area contributed by atoms with Crippen LogP contribution in [0.4, 0.5) is 0 Å². The summed E-state index contributed by atoms with van der Waals surface area (Å²) in [5, 5.41) is 22.2. The van der Waals surface area contributed by atoms with E-state index in [1.54, 1.807) is 6.08 Å². The summed E-state index contributed by atoms with van der Waals surface area (Å²) in [7, 11) is 0. The van der Waals surface area contributed by atoms with Crippen LogP contribution in [0.2, 0.25) is 0 Å². The third kappa shape index (κ3) is 6.89. The largest absolute Gasteiger partial charge is 0.387 e. The highest BCUT2D eigenvalue weighted by atomic mass is 16.6. The van der Waals surface area contributed by atoms with Gasteiger partial charge in [0.2, 0.25) is 0 Å². The van der Waals surface area contributed by atoms with Crippen molar-refractivity contribution in [1.82, 2.24) is 0 Å². The van der Waals surface area contributed by atoms with E-state index in [4.69, 9.17) is 18.9 Å². The summed E-state index contributed by atoms with van der Waals surface area (Å²) in [5.74, 6) is 0. The summed E-state index contributed by atoms with van der Waals surface area (Å²) in [6.07, 6.45) is -3.94. The van der Waals surface area contributed by atoms with Crippen LogP contribution in [-0.2, 0) is 38.8 Å². The van der Waals surface area contributed by atoms with Crippen LogP contribution >= 0.6 is 0 Å². The van der Waals surface area contributed by atoms with Gasteiger partial charge in [-0.3, -0.25) is 0 Å². The minimum absolute atomic E-state index is 0.195. The number of rotatable bonds is 12. The maximum atomic E-state index is 11.1. The van der Waals surface area contributed by atoms with Crippen molar-refractivity contribution < 1.29 is 29.2 Å². The Morgan fingerprint density at radius 1 is 0.528 bits per heavy atom. The van der Waals surface area contributed by atoms with Crippen molar-refractivity contribution in [3.05, 3.63) is 120 Å². The first-order valence-corrected chi connectivity index (χ1v) is 12.2. The van der Waals surface area contributed by atoms with Gasteiger partial charge in [0, 0.05) is 0 Å². The van der Waals surface area contributed by atoms with E-state index < -0.39 is 36.6 Å². The summed E-state index contributed by atoms with van der Waals surface area (Å²) < 4.78 is 24.8. The van der Waals surface area contributed by atoms with E-state index in [1.165, 1.54) is 0 Å². The summed E-state index contributed by atoms with van der Waals surface area (Å²) >= 11 is 0. The number of aliphatic hydroxyl groups is 2. The van der Waals surface area contributed by atoms with E-state index >= 15 is 0 Å². The lowest BCUT2D eigenvalue weighted by molar-refractivity contribution is -0.270. The lowest BCUT2D eigenvalue weighted by Crippen LogP contribution is -2.66. The molecule has 6 nitrogen and oxygen atoms in total. The second-order valence-electron chi connectivity index (χ2n) is 8.85. The molecule has 190 valence electrons. The molecule has 3 aromatic carbocycles. The number of benzene rings is 3. The molecule has 0 bridgehead atoms. The van der Waals surface area contributed by atoms with E-state index in [0.29, 0.717) is 13.2 Å². The van der Waals surface area contributed by atoms with Gasteiger partial charge in [0.05, 0.1) is 26.4 Å². The molecule has 1 aliphatic carbocycles. The Morgan fingerprint density at radius 3 is 1.22 bits per heavy atom. The Balaban J connectivity index is 1.60. The van der Waals surface area contributed by atoms with Gasteiger partial charge in [-0.15, -0.1) is 6.58 Å².